The Morgan fingerprint density at radius 1 is 0.947 bits per heavy atom. The molecule has 19 nitrogen and oxygen atoms in total. The third-order valence-electron chi connectivity index (χ3n) is 16.8. The first kappa shape index (κ1) is 61.1. The quantitative estimate of drug-likeness (QED) is 0.115. The van der Waals surface area contributed by atoms with E-state index in [0.717, 1.165) is 29.5 Å². The van der Waals surface area contributed by atoms with Crippen molar-refractivity contribution in [1.29, 1.82) is 0 Å². The van der Waals surface area contributed by atoms with Crippen LogP contribution in [0.15, 0.2) is 23.1 Å². The Labute approximate surface area is 444 Å². The number of nitrogens with zero attached hydrogens (tertiary/aromatic N) is 3. The van der Waals surface area contributed by atoms with Gasteiger partial charge in [-0.1, -0.05) is 26.8 Å². The highest BCUT2D eigenvalue weighted by Gasteiger charge is 2.53. The Bertz CT molecular complexity index is 2290. The van der Waals surface area contributed by atoms with Gasteiger partial charge in [-0.25, -0.2) is 4.79 Å². The van der Waals surface area contributed by atoms with Crippen LogP contribution in [0.1, 0.15) is 129 Å². The first-order valence-electron chi connectivity index (χ1n) is 27.3. The predicted octanol–water partition coefficient (Wildman–Crippen LogP) is 4.53. The minimum Gasteiger partial charge on any atom is -0.477 e. The lowest BCUT2D eigenvalue weighted by molar-refractivity contribution is -0.321. The molecule has 5 N–H and O–H groups in total. The van der Waals surface area contributed by atoms with Crippen molar-refractivity contribution in [1.82, 2.24) is 14.4 Å². The Hall–Kier alpha value is -3.15. The van der Waals surface area contributed by atoms with Gasteiger partial charge in [-0.15, -0.1) is 0 Å². The molecule has 1 aromatic carbocycles. The number of carbonyl (C=O) groups excluding carboxylic acids is 1. The summed E-state index contributed by atoms with van der Waals surface area (Å²) in [6, 6.07) is 3.06. The summed E-state index contributed by atoms with van der Waals surface area (Å²) in [5.74, 6) is -3.94. The highest BCUT2D eigenvalue weighted by molar-refractivity contribution is 5.94. The maximum Gasteiger partial charge on any atom is 0.341 e. The number of esters is 1. The molecule has 426 valence electrons. The predicted molar refractivity (Wildman–Crippen MR) is 281 cm³/mol. The summed E-state index contributed by atoms with van der Waals surface area (Å²) >= 11 is 0. The van der Waals surface area contributed by atoms with E-state index < -0.39 is 107 Å². The van der Waals surface area contributed by atoms with Crippen molar-refractivity contribution in [3.63, 3.8) is 0 Å². The van der Waals surface area contributed by atoms with E-state index >= 15 is 0 Å². The summed E-state index contributed by atoms with van der Waals surface area (Å²) in [6.07, 6.45) is -3.59. The summed E-state index contributed by atoms with van der Waals surface area (Å²) in [5.41, 5.74) is -2.26. The van der Waals surface area contributed by atoms with Crippen LogP contribution in [0.2, 0.25) is 0 Å². The van der Waals surface area contributed by atoms with Gasteiger partial charge in [0.05, 0.1) is 60.3 Å². The summed E-state index contributed by atoms with van der Waals surface area (Å²) in [6.45, 7) is 20.0. The van der Waals surface area contributed by atoms with Crippen LogP contribution in [-0.2, 0) is 62.1 Å². The molecule has 3 saturated heterocycles. The molecule has 4 aliphatic rings. The molecular formula is C56H91N3O16. The minimum absolute atomic E-state index is 0.172. The molecule has 0 radical (unpaired) electrons. The lowest BCUT2D eigenvalue weighted by Gasteiger charge is -2.49. The number of pyridine rings is 1. The number of methoxy groups -OCH3 is 1. The molecule has 0 amide bonds. The van der Waals surface area contributed by atoms with Crippen molar-refractivity contribution in [2.24, 2.45) is 17.8 Å². The van der Waals surface area contributed by atoms with E-state index in [1.807, 2.05) is 76.2 Å². The van der Waals surface area contributed by atoms with Gasteiger partial charge in [0.15, 0.2) is 12.6 Å². The fourth-order valence-corrected chi connectivity index (χ4v) is 12.6. The van der Waals surface area contributed by atoms with Crippen LogP contribution in [0.25, 0.3) is 10.9 Å². The molecule has 75 heavy (non-hydrogen) atoms. The Balaban J connectivity index is 1.19. The second-order valence-electron chi connectivity index (χ2n) is 23.4. The third-order valence-corrected chi connectivity index (χ3v) is 16.8. The highest BCUT2D eigenvalue weighted by atomic mass is 16.7. The second-order valence-corrected chi connectivity index (χ2v) is 23.4. The number of rotatable bonds is 16. The average molecular weight is 1060 g/mol. The molecule has 18 atom stereocenters. The highest BCUT2D eigenvalue weighted by Crippen LogP contribution is 2.41. The lowest BCUT2D eigenvalue weighted by atomic mass is 9.77. The van der Waals surface area contributed by atoms with Crippen LogP contribution in [0, 0.1) is 17.8 Å². The number of carboxylic acids is 1. The standard InChI is InChI=1S/C56H91N3O16/c1-15-42-56(10,67)48(62)35(6)58(13)29-31(2)27-54(8,66)49(75-53-46(61)41(57(11)12)24-32(3)71-53)33(4)47(34(5)52(65)73-42)74-43-28-55(9,68-14)50(36(7)72-43)70-23-22-69-21-17-18-37-25-38-19-16-20-59-30-40(51(63)64)45(60)39(26-37)44(38)59/h25-26,30-36,41-43,46-50,53,61-62,66-67H,15-24,27-29H2,1-14H3,(H,63,64)/t31-,32-,33+,34-,35-,36+,41+,42-,43+,46-,47+,48-,49-,50+,53+,54-,55-,56-/m1/s1. The maximum atomic E-state index is 14.6. The van der Waals surface area contributed by atoms with Crippen LogP contribution in [-0.4, -0.2) is 197 Å². The van der Waals surface area contributed by atoms with Crippen LogP contribution in [0.4, 0.5) is 0 Å². The molecule has 19 heteroatoms. The van der Waals surface area contributed by atoms with E-state index in [2.05, 4.69) is 6.07 Å². The number of hydrogen-bond donors (Lipinski definition) is 5. The minimum atomic E-state index is -1.84. The van der Waals surface area contributed by atoms with Crippen molar-refractivity contribution in [3.05, 3.63) is 45.2 Å². The number of aliphatic hydroxyl groups is 4. The SMILES string of the molecule is CC[C@H]1OC(=O)[C@H](C)[C@@H](O[C@H]2C[C@@](C)(OC)[C@@H](OCCOCCCc3cc4c5c(c3)c(=O)c(C(=O)O)cn5CCC4)[C@H](C)O2)[C@H](C)[C@@H](O[C@@H]2O[C@H](C)C[C@H](N(C)C)[C@H]2O)[C@](C)(O)C[C@@H](C)CN(C)[C@H](C)[C@@H](O)[C@]1(C)O. The van der Waals surface area contributed by atoms with Gasteiger partial charge in [0.25, 0.3) is 0 Å². The molecule has 0 unspecified atom stereocenters. The smallest absolute Gasteiger partial charge is 0.341 e. The number of aromatic carboxylic acids is 1. The Kier molecular flexibility index (Phi) is 20.6. The van der Waals surface area contributed by atoms with Crippen LogP contribution in [0.5, 0.6) is 0 Å². The first-order valence-corrected chi connectivity index (χ1v) is 27.3. The van der Waals surface area contributed by atoms with Crippen molar-refractivity contribution >= 4 is 22.8 Å². The number of carbonyl (C=O) groups is 2. The zero-order valence-electron chi connectivity index (χ0n) is 47.2. The van der Waals surface area contributed by atoms with Crippen molar-refractivity contribution in [3.8, 4) is 0 Å². The van der Waals surface area contributed by atoms with Gasteiger partial charge in [-0.2, -0.15) is 0 Å². The molecule has 2 aromatic rings. The molecule has 0 aliphatic carbocycles. The normalized spacial score (nSPS) is 38.8. The number of benzene rings is 1. The Morgan fingerprint density at radius 3 is 2.31 bits per heavy atom. The number of cyclic esters (lactones) is 1. The van der Waals surface area contributed by atoms with Gasteiger partial charge in [0, 0.05) is 62.8 Å². The fraction of sp³-hybridized carbons (Fsp3) is 0.804. The molecule has 0 spiro atoms. The Morgan fingerprint density at radius 2 is 1.65 bits per heavy atom. The van der Waals surface area contributed by atoms with Gasteiger partial charge in [-0.3, -0.25) is 9.59 Å². The van der Waals surface area contributed by atoms with Gasteiger partial charge in [0.1, 0.15) is 35.6 Å². The monoisotopic (exact) mass is 1060 g/mol. The summed E-state index contributed by atoms with van der Waals surface area (Å²) < 4.78 is 53.4. The number of hydrogen-bond acceptors (Lipinski definition) is 17. The zero-order valence-corrected chi connectivity index (χ0v) is 47.2. The van der Waals surface area contributed by atoms with Gasteiger partial charge in [-0.05, 0) is 138 Å². The second kappa shape index (κ2) is 25.3. The van der Waals surface area contributed by atoms with Gasteiger partial charge < -0.3 is 77.8 Å². The molecule has 4 aliphatic heterocycles. The fourth-order valence-electron chi connectivity index (χ4n) is 12.6. The largest absolute Gasteiger partial charge is 0.477 e. The molecule has 1 aromatic heterocycles. The molecule has 0 bridgehead atoms. The van der Waals surface area contributed by atoms with Gasteiger partial charge >= 0.3 is 11.9 Å². The number of carboxylic acid groups (broad SMARTS) is 1. The summed E-state index contributed by atoms with van der Waals surface area (Å²) in [5, 5.41) is 58.3. The number of aromatic nitrogens is 1. The number of aliphatic hydroxyl groups excluding tert-OH is 2. The van der Waals surface area contributed by atoms with Crippen molar-refractivity contribution in [2.45, 2.75) is 217 Å². The van der Waals surface area contributed by atoms with Crippen LogP contribution >= 0.6 is 0 Å². The van der Waals surface area contributed by atoms with Crippen LogP contribution in [0.3, 0.4) is 0 Å². The van der Waals surface area contributed by atoms with Crippen molar-refractivity contribution < 1.29 is 73.0 Å². The van der Waals surface area contributed by atoms with E-state index in [-0.39, 0.29) is 56.1 Å². The van der Waals surface area contributed by atoms with E-state index in [0.29, 0.717) is 44.3 Å². The zero-order chi connectivity index (χ0) is 55.5. The summed E-state index contributed by atoms with van der Waals surface area (Å²) in [4.78, 5) is 43.5. The number of aryl methyl sites for hydroxylation is 3. The molecule has 3 fully saturated rings. The third kappa shape index (κ3) is 13.8. The van der Waals surface area contributed by atoms with Crippen LogP contribution < -0.4 is 5.43 Å². The molecule has 6 rings (SSSR count). The average Bonchev–Trinajstić information content (AvgIpc) is 3.34. The molecular weight excluding hydrogens is 971 g/mol. The molecule has 5 heterocycles. The topological polar surface area (TPSA) is 238 Å². The van der Waals surface area contributed by atoms with E-state index in [4.69, 9.17) is 37.9 Å². The van der Waals surface area contributed by atoms with E-state index in [9.17, 15) is 39.9 Å². The van der Waals surface area contributed by atoms with Crippen molar-refractivity contribution in [2.75, 3.05) is 54.6 Å². The lowest BCUT2D eigenvalue weighted by Crippen LogP contribution is -2.61. The van der Waals surface area contributed by atoms with Gasteiger partial charge in [0.2, 0.25) is 5.43 Å². The number of ether oxygens (including phenoxy) is 8. The molecule has 0 saturated carbocycles. The maximum absolute atomic E-state index is 14.6. The summed E-state index contributed by atoms with van der Waals surface area (Å²) in [7, 11) is 7.21. The number of likely N-dealkylation sites (N-methyl/N-ethyl adjacent to an activating group) is 2. The van der Waals surface area contributed by atoms with E-state index in [1.54, 1.807) is 34.8 Å². The first-order chi connectivity index (χ1) is 35.1. The van der Waals surface area contributed by atoms with E-state index in [1.165, 1.54) is 13.1 Å².